The SMILES string of the molecule is c1ccc(-c2ccc(-c3nc(-c4ccc(-n5c6ccccc6c6cc7ccccc7cc65)c5c4sc4ccccc45)nc(-n4c5ccccc5c5ccccc54)n3)cc2)cc1. The van der Waals surface area contributed by atoms with E-state index in [9.17, 15) is 0 Å². The van der Waals surface area contributed by atoms with E-state index in [1.54, 1.807) is 11.3 Å². The second kappa shape index (κ2) is 13.3. The predicted molar refractivity (Wildman–Crippen MR) is 255 cm³/mol. The molecule has 4 aromatic heterocycles. The topological polar surface area (TPSA) is 48.5 Å². The number of benzene rings is 9. The van der Waals surface area contributed by atoms with Gasteiger partial charge in [0.1, 0.15) is 0 Å². The fourth-order valence-electron chi connectivity index (χ4n) is 9.38. The van der Waals surface area contributed by atoms with E-state index in [1.807, 2.05) is 6.07 Å². The highest BCUT2D eigenvalue weighted by Gasteiger charge is 2.23. The van der Waals surface area contributed by atoms with E-state index in [4.69, 9.17) is 15.0 Å². The molecule has 5 nitrogen and oxygen atoms in total. The molecule has 0 unspecified atom stereocenters. The first-order chi connectivity index (χ1) is 30.2. The summed E-state index contributed by atoms with van der Waals surface area (Å²) in [6.07, 6.45) is 0. The van der Waals surface area contributed by atoms with Crippen molar-refractivity contribution in [2.24, 2.45) is 0 Å². The fourth-order valence-corrected chi connectivity index (χ4v) is 10.6. The molecule has 0 aliphatic carbocycles. The minimum absolute atomic E-state index is 0.581. The molecule has 0 spiro atoms. The van der Waals surface area contributed by atoms with Crippen LogP contribution in [0.15, 0.2) is 200 Å². The molecule has 0 saturated carbocycles. The molecule has 0 fully saturated rings. The molecule has 0 radical (unpaired) electrons. The van der Waals surface area contributed by atoms with Gasteiger partial charge in [0.25, 0.3) is 0 Å². The number of fused-ring (bicyclic) bond motifs is 10. The lowest BCUT2D eigenvalue weighted by atomic mass is 10.0. The Hall–Kier alpha value is -7.93. The summed E-state index contributed by atoms with van der Waals surface area (Å²) in [7, 11) is 0. The van der Waals surface area contributed by atoms with Gasteiger partial charge in [-0.1, -0.05) is 152 Å². The summed E-state index contributed by atoms with van der Waals surface area (Å²) in [6, 6.07) is 71.4. The number of thiophene rings is 1. The van der Waals surface area contributed by atoms with E-state index in [2.05, 4.69) is 203 Å². The summed E-state index contributed by atoms with van der Waals surface area (Å²) in [5, 5.41) is 9.63. The molecule has 6 heteroatoms. The van der Waals surface area contributed by atoms with Crippen molar-refractivity contribution in [3.63, 3.8) is 0 Å². The largest absolute Gasteiger partial charge is 0.309 e. The van der Waals surface area contributed by atoms with Crippen LogP contribution in [0.25, 0.3) is 120 Å². The number of hydrogen-bond donors (Lipinski definition) is 0. The highest BCUT2D eigenvalue weighted by molar-refractivity contribution is 7.26. The van der Waals surface area contributed by atoms with Gasteiger partial charge in [0.05, 0.1) is 27.8 Å². The Kier molecular flexibility index (Phi) is 7.41. The molecule has 284 valence electrons. The molecule has 13 rings (SSSR count). The lowest BCUT2D eigenvalue weighted by molar-refractivity contribution is 0.954. The second-order valence-electron chi connectivity index (χ2n) is 15.6. The molecule has 61 heavy (non-hydrogen) atoms. The minimum atomic E-state index is 0.581. The van der Waals surface area contributed by atoms with Gasteiger partial charge in [0, 0.05) is 52.8 Å². The van der Waals surface area contributed by atoms with Crippen molar-refractivity contribution in [2.75, 3.05) is 0 Å². The average molecular weight is 796 g/mol. The summed E-state index contributed by atoms with van der Waals surface area (Å²) in [5.74, 6) is 1.83. The van der Waals surface area contributed by atoms with Gasteiger partial charge >= 0.3 is 0 Å². The molecule has 0 atom stereocenters. The molecular weight excluding hydrogens is 763 g/mol. The van der Waals surface area contributed by atoms with E-state index in [1.165, 1.54) is 53.6 Å². The predicted octanol–water partition coefficient (Wildman–Crippen LogP) is 14.6. The van der Waals surface area contributed by atoms with Crippen molar-refractivity contribution < 1.29 is 0 Å². The van der Waals surface area contributed by atoms with Crippen LogP contribution in [-0.2, 0) is 0 Å². The maximum absolute atomic E-state index is 5.42. The first-order valence-corrected chi connectivity index (χ1v) is 21.3. The summed E-state index contributed by atoms with van der Waals surface area (Å²) in [6.45, 7) is 0. The van der Waals surface area contributed by atoms with Gasteiger partial charge in [-0.05, 0) is 70.4 Å². The monoisotopic (exact) mass is 795 g/mol. The third-order valence-corrected chi connectivity index (χ3v) is 13.4. The van der Waals surface area contributed by atoms with E-state index >= 15 is 0 Å². The van der Waals surface area contributed by atoms with Gasteiger partial charge in [-0.3, -0.25) is 4.57 Å². The van der Waals surface area contributed by atoms with Crippen molar-refractivity contribution >= 4 is 85.9 Å². The molecular formula is C55H33N5S. The van der Waals surface area contributed by atoms with Crippen LogP contribution >= 0.6 is 11.3 Å². The van der Waals surface area contributed by atoms with Crippen LogP contribution in [0.3, 0.4) is 0 Å². The van der Waals surface area contributed by atoms with Crippen LogP contribution in [0.2, 0.25) is 0 Å². The van der Waals surface area contributed by atoms with Gasteiger partial charge in [-0.25, -0.2) is 4.98 Å². The van der Waals surface area contributed by atoms with Crippen molar-refractivity contribution in [1.29, 1.82) is 0 Å². The number of para-hydroxylation sites is 3. The Morgan fingerprint density at radius 3 is 1.62 bits per heavy atom. The number of aromatic nitrogens is 5. The van der Waals surface area contributed by atoms with Gasteiger partial charge in [0.2, 0.25) is 5.95 Å². The molecule has 0 aliphatic rings. The Bertz CT molecular complexity index is 3820. The van der Waals surface area contributed by atoms with Crippen molar-refractivity contribution in [3.8, 4) is 45.5 Å². The van der Waals surface area contributed by atoms with Crippen LogP contribution < -0.4 is 0 Å². The summed E-state index contributed by atoms with van der Waals surface area (Å²) >= 11 is 1.80. The molecule has 13 aromatic rings. The molecule has 0 amide bonds. The average Bonchev–Trinajstić information content (AvgIpc) is 3.99. The maximum Gasteiger partial charge on any atom is 0.238 e. The highest BCUT2D eigenvalue weighted by Crippen LogP contribution is 2.45. The van der Waals surface area contributed by atoms with Gasteiger partial charge in [-0.2, -0.15) is 9.97 Å². The van der Waals surface area contributed by atoms with Gasteiger partial charge in [-0.15, -0.1) is 11.3 Å². The van der Waals surface area contributed by atoms with Crippen molar-refractivity contribution in [3.05, 3.63) is 200 Å². The first kappa shape index (κ1) is 34.0. The highest BCUT2D eigenvalue weighted by atomic mass is 32.1. The van der Waals surface area contributed by atoms with Gasteiger partial charge in [0.15, 0.2) is 11.6 Å². The number of hydrogen-bond acceptors (Lipinski definition) is 4. The van der Waals surface area contributed by atoms with E-state index < -0.39 is 0 Å². The normalized spacial score (nSPS) is 11.9. The zero-order valence-corrected chi connectivity index (χ0v) is 33.5. The number of nitrogens with zero attached hydrogens (tertiary/aromatic N) is 5. The third-order valence-electron chi connectivity index (χ3n) is 12.2. The molecule has 0 N–H and O–H groups in total. The van der Waals surface area contributed by atoms with Crippen LogP contribution in [-0.4, -0.2) is 24.1 Å². The molecule has 0 saturated heterocycles. The van der Waals surface area contributed by atoms with Crippen molar-refractivity contribution in [1.82, 2.24) is 24.1 Å². The van der Waals surface area contributed by atoms with Crippen LogP contribution in [0.1, 0.15) is 0 Å². The lowest BCUT2D eigenvalue weighted by Gasteiger charge is -2.14. The van der Waals surface area contributed by atoms with E-state index in [0.717, 1.165) is 48.9 Å². The standard InChI is InChI=1S/C55H33N5S/c1-2-14-34(15-3-1)35-26-28-36(29-27-35)53-56-54(58-55(57-53)60-46-23-11-6-18-39(46)40-19-7-12-24-47(40)60)43-30-31-48(51-42-21-9-13-25-50(42)61-52(43)51)59-45-22-10-8-20-41(45)44-32-37-16-4-5-17-38(37)33-49(44)59/h1-33H. The summed E-state index contributed by atoms with van der Waals surface area (Å²) in [5.41, 5.74) is 9.78. The Labute approximate surface area is 354 Å². The lowest BCUT2D eigenvalue weighted by Crippen LogP contribution is -2.06. The Morgan fingerprint density at radius 2 is 0.902 bits per heavy atom. The Morgan fingerprint density at radius 1 is 0.361 bits per heavy atom. The van der Waals surface area contributed by atoms with Crippen LogP contribution in [0, 0.1) is 0 Å². The minimum Gasteiger partial charge on any atom is -0.309 e. The summed E-state index contributed by atoms with van der Waals surface area (Å²) in [4.78, 5) is 16.1. The van der Waals surface area contributed by atoms with Crippen LogP contribution in [0.4, 0.5) is 0 Å². The molecule has 9 aromatic carbocycles. The van der Waals surface area contributed by atoms with Gasteiger partial charge < -0.3 is 4.57 Å². The zero-order chi connectivity index (χ0) is 40.0. The molecule has 4 heterocycles. The van der Waals surface area contributed by atoms with E-state index in [0.29, 0.717) is 17.6 Å². The zero-order valence-electron chi connectivity index (χ0n) is 32.7. The fraction of sp³-hybridized carbons (Fsp3) is 0. The molecule has 0 aliphatic heterocycles. The first-order valence-electron chi connectivity index (χ1n) is 20.5. The summed E-state index contributed by atoms with van der Waals surface area (Å²) < 4.78 is 7.00. The third kappa shape index (κ3) is 5.22. The smallest absolute Gasteiger partial charge is 0.238 e. The molecule has 0 bridgehead atoms. The Balaban J connectivity index is 1.09. The quantitative estimate of drug-likeness (QED) is 0.174. The second-order valence-corrected chi connectivity index (χ2v) is 16.7. The van der Waals surface area contributed by atoms with Crippen molar-refractivity contribution in [2.45, 2.75) is 0 Å². The van der Waals surface area contributed by atoms with E-state index in [-0.39, 0.29) is 0 Å². The van der Waals surface area contributed by atoms with Crippen LogP contribution in [0.5, 0.6) is 0 Å². The number of rotatable bonds is 5. The maximum atomic E-state index is 5.42.